The highest BCUT2D eigenvalue weighted by Crippen LogP contribution is 2.20. The van der Waals surface area contributed by atoms with Crippen LogP contribution in [0.25, 0.3) is 0 Å². The summed E-state index contributed by atoms with van der Waals surface area (Å²) in [6.07, 6.45) is 8.81. The largest absolute Gasteiger partial charge is 0.394 e. The number of rotatable bonds is 8. The molecule has 2 heterocycles. The van der Waals surface area contributed by atoms with Crippen LogP contribution in [0.1, 0.15) is 36.8 Å². The smallest absolute Gasteiger partial charge is 0.315 e. The Bertz CT molecular complexity index is 715. The fourth-order valence-electron chi connectivity index (χ4n) is 3.49. The molecule has 0 spiro atoms. The van der Waals surface area contributed by atoms with Crippen molar-refractivity contribution in [3.63, 3.8) is 0 Å². The molecule has 0 saturated carbocycles. The Hall–Kier alpha value is -2.60. The van der Waals surface area contributed by atoms with Crippen molar-refractivity contribution in [1.82, 2.24) is 15.6 Å². The SMILES string of the molecule is O=C(NCc1ccc(N2CCCCC2)cc1)NC(CO)CCc1ccncc1. The molecule has 6 heteroatoms. The van der Waals surface area contributed by atoms with Gasteiger partial charge in [-0.05, 0) is 67.5 Å². The molecule has 6 nitrogen and oxygen atoms in total. The maximum absolute atomic E-state index is 12.2. The molecule has 150 valence electrons. The van der Waals surface area contributed by atoms with E-state index in [4.69, 9.17) is 0 Å². The summed E-state index contributed by atoms with van der Waals surface area (Å²) in [5.74, 6) is 0. The van der Waals surface area contributed by atoms with Crippen molar-refractivity contribution in [2.45, 2.75) is 44.7 Å². The number of carbonyl (C=O) groups is 1. The van der Waals surface area contributed by atoms with Crippen LogP contribution in [0.3, 0.4) is 0 Å². The van der Waals surface area contributed by atoms with Gasteiger partial charge in [-0.3, -0.25) is 4.98 Å². The number of hydrogen-bond donors (Lipinski definition) is 3. The van der Waals surface area contributed by atoms with Crippen molar-refractivity contribution < 1.29 is 9.90 Å². The number of aliphatic hydroxyl groups is 1. The number of aryl methyl sites for hydroxylation is 1. The molecule has 0 aliphatic carbocycles. The Morgan fingerprint density at radius 3 is 2.43 bits per heavy atom. The van der Waals surface area contributed by atoms with Gasteiger partial charge in [0.2, 0.25) is 0 Å². The summed E-state index contributed by atoms with van der Waals surface area (Å²) in [5.41, 5.74) is 3.46. The molecule has 1 aliphatic rings. The number of anilines is 1. The summed E-state index contributed by atoms with van der Waals surface area (Å²) >= 11 is 0. The minimum atomic E-state index is -0.269. The van der Waals surface area contributed by atoms with E-state index in [1.165, 1.54) is 24.9 Å². The lowest BCUT2D eigenvalue weighted by molar-refractivity contribution is 0.212. The van der Waals surface area contributed by atoms with Gasteiger partial charge < -0.3 is 20.6 Å². The van der Waals surface area contributed by atoms with Crippen molar-refractivity contribution in [2.24, 2.45) is 0 Å². The highest BCUT2D eigenvalue weighted by molar-refractivity contribution is 5.74. The van der Waals surface area contributed by atoms with Crippen molar-refractivity contribution >= 4 is 11.7 Å². The van der Waals surface area contributed by atoms with Crippen LogP contribution in [0.2, 0.25) is 0 Å². The summed E-state index contributed by atoms with van der Waals surface area (Å²) in [6, 6.07) is 11.8. The first-order chi connectivity index (χ1) is 13.7. The Morgan fingerprint density at radius 2 is 1.75 bits per heavy atom. The molecule has 0 bridgehead atoms. The molecule has 2 amide bonds. The molecule has 1 atom stereocenters. The third-order valence-electron chi connectivity index (χ3n) is 5.20. The third-order valence-corrected chi connectivity index (χ3v) is 5.20. The molecular weight excluding hydrogens is 352 g/mol. The minimum Gasteiger partial charge on any atom is -0.394 e. The van der Waals surface area contributed by atoms with E-state index in [1.807, 2.05) is 12.1 Å². The number of benzene rings is 1. The van der Waals surface area contributed by atoms with Gasteiger partial charge in [0, 0.05) is 37.7 Å². The van der Waals surface area contributed by atoms with Gasteiger partial charge in [0.1, 0.15) is 0 Å². The predicted molar refractivity (Wildman–Crippen MR) is 111 cm³/mol. The molecule has 1 saturated heterocycles. The van der Waals surface area contributed by atoms with Gasteiger partial charge >= 0.3 is 6.03 Å². The average molecular weight is 383 g/mol. The molecule has 1 unspecified atom stereocenters. The second-order valence-corrected chi connectivity index (χ2v) is 7.31. The number of pyridine rings is 1. The number of amides is 2. The van der Waals surface area contributed by atoms with Gasteiger partial charge in [-0.15, -0.1) is 0 Å². The molecule has 28 heavy (non-hydrogen) atoms. The average Bonchev–Trinajstić information content (AvgIpc) is 2.77. The van der Waals surface area contributed by atoms with Crippen molar-refractivity contribution in [3.05, 3.63) is 59.9 Å². The van der Waals surface area contributed by atoms with E-state index in [0.717, 1.165) is 30.6 Å². The topological polar surface area (TPSA) is 77.5 Å². The second-order valence-electron chi connectivity index (χ2n) is 7.31. The van der Waals surface area contributed by atoms with Crippen LogP contribution in [-0.4, -0.2) is 41.9 Å². The summed E-state index contributed by atoms with van der Waals surface area (Å²) in [5, 5.41) is 15.3. The van der Waals surface area contributed by atoms with E-state index in [0.29, 0.717) is 13.0 Å². The van der Waals surface area contributed by atoms with Gasteiger partial charge in [0.05, 0.1) is 12.6 Å². The summed E-state index contributed by atoms with van der Waals surface area (Å²) < 4.78 is 0. The van der Waals surface area contributed by atoms with Crippen LogP contribution in [0.5, 0.6) is 0 Å². The predicted octanol–water partition coefficient (Wildman–Crippen LogP) is 2.86. The highest BCUT2D eigenvalue weighted by Gasteiger charge is 2.12. The Morgan fingerprint density at radius 1 is 1.04 bits per heavy atom. The number of nitrogens with zero attached hydrogens (tertiary/aromatic N) is 2. The van der Waals surface area contributed by atoms with Crippen molar-refractivity contribution in [2.75, 3.05) is 24.6 Å². The molecule has 3 N–H and O–H groups in total. The monoisotopic (exact) mass is 382 g/mol. The van der Waals surface area contributed by atoms with E-state index in [9.17, 15) is 9.90 Å². The molecule has 1 aromatic carbocycles. The first-order valence-corrected chi connectivity index (χ1v) is 10.1. The maximum Gasteiger partial charge on any atom is 0.315 e. The van der Waals surface area contributed by atoms with Crippen molar-refractivity contribution in [1.29, 1.82) is 0 Å². The van der Waals surface area contributed by atoms with Gasteiger partial charge in [0.15, 0.2) is 0 Å². The summed E-state index contributed by atoms with van der Waals surface area (Å²) in [6.45, 7) is 2.64. The first kappa shape index (κ1) is 20.1. The number of piperidine rings is 1. The summed E-state index contributed by atoms with van der Waals surface area (Å²) in [7, 11) is 0. The van der Waals surface area contributed by atoms with Crippen LogP contribution < -0.4 is 15.5 Å². The third kappa shape index (κ3) is 6.23. The van der Waals surface area contributed by atoms with Crippen LogP contribution in [-0.2, 0) is 13.0 Å². The Balaban J connectivity index is 1.41. The van der Waals surface area contributed by atoms with Crippen LogP contribution >= 0.6 is 0 Å². The number of urea groups is 1. The summed E-state index contributed by atoms with van der Waals surface area (Å²) in [4.78, 5) is 18.6. The zero-order valence-electron chi connectivity index (χ0n) is 16.3. The standard InChI is InChI=1S/C22H30N4O2/c27-17-20(7-4-18-10-12-23-13-11-18)25-22(28)24-16-19-5-8-21(9-6-19)26-14-2-1-3-15-26/h5-6,8-13,20,27H,1-4,7,14-17H2,(H2,24,25,28). The van der Waals surface area contributed by atoms with Gasteiger partial charge in [-0.25, -0.2) is 4.79 Å². The minimum absolute atomic E-state index is 0.0803. The van der Waals surface area contributed by atoms with Gasteiger partial charge in [0.25, 0.3) is 0 Å². The zero-order chi connectivity index (χ0) is 19.6. The van der Waals surface area contributed by atoms with Crippen molar-refractivity contribution in [3.8, 4) is 0 Å². The quantitative estimate of drug-likeness (QED) is 0.656. The van der Waals surface area contributed by atoms with Gasteiger partial charge in [-0.1, -0.05) is 12.1 Å². The molecule has 1 aliphatic heterocycles. The molecule has 1 fully saturated rings. The number of aliphatic hydroxyl groups excluding tert-OH is 1. The maximum atomic E-state index is 12.2. The zero-order valence-corrected chi connectivity index (χ0v) is 16.3. The molecule has 2 aromatic rings. The lowest BCUT2D eigenvalue weighted by Gasteiger charge is -2.28. The van der Waals surface area contributed by atoms with E-state index in [2.05, 4.69) is 44.8 Å². The van der Waals surface area contributed by atoms with E-state index in [-0.39, 0.29) is 18.7 Å². The Kier molecular flexibility index (Phi) is 7.67. The fraction of sp³-hybridized carbons (Fsp3) is 0.455. The lowest BCUT2D eigenvalue weighted by atomic mass is 10.1. The first-order valence-electron chi connectivity index (χ1n) is 10.1. The number of hydrogen-bond acceptors (Lipinski definition) is 4. The number of nitrogens with one attached hydrogen (secondary N) is 2. The molecule has 3 rings (SSSR count). The van der Waals surface area contributed by atoms with E-state index < -0.39 is 0 Å². The van der Waals surface area contributed by atoms with Crippen LogP contribution in [0, 0.1) is 0 Å². The number of aromatic nitrogens is 1. The van der Waals surface area contributed by atoms with Crippen LogP contribution in [0.4, 0.5) is 10.5 Å². The number of carbonyl (C=O) groups excluding carboxylic acids is 1. The lowest BCUT2D eigenvalue weighted by Crippen LogP contribution is -2.43. The normalized spacial score (nSPS) is 15.1. The molecule has 0 radical (unpaired) electrons. The second kappa shape index (κ2) is 10.7. The van der Waals surface area contributed by atoms with E-state index in [1.54, 1.807) is 12.4 Å². The Labute approximate surface area is 167 Å². The molecule has 1 aromatic heterocycles. The van der Waals surface area contributed by atoms with Crippen LogP contribution in [0.15, 0.2) is 48.8 Å². The fourth-order valence-corrected chi connectivity index (χ4v) is 3.49. The van der Waals surface area contributed by atoms with E-state index >= 15 is 0 Å². The molecular formula is C22H30N4O2. The highest BCUT2D eigenvalue weighted by atomic mass is 16.3. The van der Waals surface area contributed by atoms with Gasteiger partial charge in [-0.2, -0.15) is 0 Å².